The first kappa shape index (κ1) is 14.4. The Morgan fingerprint density at radius 2 is 2.25 bits per heavy atom. The number of carboxylic acid groups (broad SMARTS) is 1. The SMILES string of the molecule is NCCc1c(C(=O)O)nnn1Cc1ccc(Cl)cc1F. The quantitative estimate of drug-likeness (QED) is 0.868. The molecule has 0 spiro atoms. The Bertz CT molecular complexity index is 644. The van der Waals surface area contributed by atoms with Crippen molar-refractivity contribution in [1.82, 2.24) is 15.0 Å². The first-order valence-corrected chi connectivity index (χ1v) is 6.20. The molecule has 0 saturated carbocycles. The molecule has 1 heterocycles. The molecular weight excluding hydrogens is 287 g/mol. The van der Waals surface area contributed by atoms with Crippen molar-refractivity contribution in [3.05, 3.63) is 46.0 Å². The number of nitrogens with zero attached hydrogens (tertiary/aromatic N) is 3. The number of benzene rings is 1. The third-order valence-electron chi connectivity index (χ3n) is 2.76. The molecular formula is C12H12ClFN4O2. The van der Waals surface area contributed by atoms with Crippen LogP contribution < -0.4 is 5.73 Å². The van der Waals surface area contributed by atoms with E-state index in [2.05, 4.69) is 10.3 Å². The summed E-state index contributed by atoms with van der Waals surface area (Å²) >= 11 is 5.68. The minimum atomic E-state index is -1.18. The Labute approximate surface area is 119 Å². The van der Waals surface area contributed by atoms with Crippen molar-refractivity contribution >= 4 is 17.6 Å². The Balaban J connectivity index is 2.35. The van der Waals surface area contributed by atoms with Crippen molar-refractivity contribution < 1.29 is 14.3 Å². The Morgan fingerprint density at radius 3 is 2.85 bits per heavy atom. The summed E-state index contributed by atoms with van der Waals surface area (Å²) in [5.74, 6) is -1.67. The molecule has 0 aliphatic carbocycles. The number of carboxylic acids is 1. The number of aromatic nitrogens is 3. The highest BCUT2D eigenvalue weighted by Crippen LogP contribution is 2.17. The van der Waals surface area contributed by atoms with Gasteiger partial charge in [0.05, 0.1) is 12.2 Å². The fraction of sp³-hybridized carbons (Fsp3) is 0.250. The summed E-state index contributed by atoms with van der Waals surface area (Å²) in [6.45, 7) is 0.315. The van der Waals surface area contributed by atoms with Crippen LogP contribution in [0.3, 0.4) is 0 Å². The van der Waals surface area contributed by atoms with Gasteiger partial charge in [-0.15, -0.1) is 5.10 Å². The Kier molecular flexibility index (Phi) is 4.31. The fourth-order valence-corrected chi connectivity index (χ4v) is 1.98. The predicted molar refractivity (Wildman–Crippen MR) is 70.3 cm³/mol. The van der Waals surface area contributed by atoms with Gasteiger partial charge in [-0.05, 0) is 18.7 Å². The number of nitrogens with two attached hydrogens (primary N) is 1. The maximum atomic E-state index is 13.7. The minimum absolute atomic E-state index is 0.0681. The molecule has 1 aromatic heterocycles. The van der Waals surface area contributed by atoms with Gasteiger partial charge < -0.3 is 10.8 Å². The average molecular weight is 299 g/mol. The van der Waals surface area contributed by atoms with Crippen molar-refractivity contribution in [3.8, 4) is 0 Å². The predicted octanol–water partition coefficient (Wildman–Crippen LogP) is 1.32. The van der Waals surface area contributed by atoms with Gasteiger partial charge in [0, 0.05) is 17.0 Å². The Morgan fingerprint density at radius 1 is 1.50 bits per heavy atom. The van der Waals surface area contributed by atoms with Crippen LogP contribution in [-0.2, 0) is 13.0 Å². The Hall–Kier alpha value is -1.99. The zero-order chi connectivity index (χ0) is 14.7. The molecule has 0 radical (unpaired) electrons. The molecule has 2 rings (SSSR count). The molecule has 0 unspecified atom stereocenters. The van der Waals surface area contributed by atoms with Crippen LogP contribution in [0.15, 0.2) is 18.2 Å². The van der Waals surface area contributed by atoms with E-state index in [0.29, 0.717) is 22.7 Å². The number of rotatable bonds is 5. The maximum absolute atomic E-state index is 13.7. The summed E-state index contributed by atoms with van der Waals surface area (Å²) < 4.78 is 15.1. The summed E-state index contributed by atoms with van der Waals surface area (Å²) in [4.78, 5) is 11.0. The van der Waals surface area contributed by atoms with Gasteiger partial charge in [-0.2, -0.15) is 0 Å². The van der Waals surface area contributed by atoms with Gasteiger partial charge in [0.2, 0.25) is 0 Å². The lowest BCUT2D eigenvalue weighted by atomic mass is 10.2. The summed E-state index contributed by atoms with van der Waals surface area (Å²) in [7, 11) is 0. The van der Waals surface area contributed by atoms with Crippen LogP contribution in [0.1, 0.15) is 21.7 Å². The van der Waals surface area contributed by atoms with Gasteiger partial charge in [0.25, 0.3) is 0 Å². The molecule has 0 amide bonds. The van der Waals surface area contributed by atoms with Gasteiger partial charge in [0.15, 0.2) is 5.69 Å². The lowest BCUT2D eigenvalue weighted by molar-refractivity contribution is 0.0689. The minimum Gasteiger partial charge on any atom is -0.476 e. The van der Waals surface area contributed by atoms with Gasteiger partial charge in [-0.3, -0.25) is 0 Å². The topological polar surface area (TPSA) is 94.0 Å². The molecule has 3 N–H and O–H groups in total. The summed E-state index contributed by atoms with van der Waals surface area (Å²) in [5, 5.41) is 16.6. The lowest BCUT2D eigenvalue weighted by Gasteiger charge is -2.07. The molecule has 106 valence electrons. The molecule has 0 saturated heterocycles. The van der Waals surface area contributed by atoms with E-state index in [1.807, 2.05) is 0 Å². The highest BCUT2D eigenvalue weighted by Gasteiger charge is 2.19. The molecule has 0 fully saturated rings. The van der Waals surface area contributed by atoms with Crippen molar-refractivity contribution in [2.24, 2.45) is 5.73 Å². The van der Waals surface area contributed by atoms with Gasteiger partial charge in [-0.1, -0.05) is 22.9 Å². The highest BCUT2D eigenvalue weighted by atomic mass is 35.5. The van der Waals surface area contributed by atoms with E-state index < -0.39 is 11.8 Å². The number of hydrogen-bond acceptors (Lipinski definition) is 4. The van der Waals surface area contributed by atoms with Crippen LogP contribution in [0.2, 0.25) is 5.02 Å². The molecule has 20 heavy (non-hydrogen) atoms. The smallest absolute Gasteiger partial charge is 0.358 e. The molecule has 8 heteroatoms. The van der Waals surface area contributed by atoms with Crippen molar-refractivity contribution in [2.45, 2.75) is 13.0 Å². The number of aromatic carboxylic acids is 1. The first-order valence-electron chi connectivity index (χ1n) is 5.82. The molecule has 6 nitrogen and oxygen atoms in total. The maximum Gasteiger partial charge on any atom is 0.358 e. The molecule has 0 bridgehead atoms. The van der Waals surface area contributed by atoms with E-state index in [1.165, 1.54) is 16.8 Å². The molecule has 0 aliphatic rings. The second kappa shape index (κ2) is 5.98. The summed E-state index contributed by atoms with van der Waals surface area (Å²) in [6, 6.07) is 4.26. The van der Waals surface area contributed by atoms with Crippen LogP contribution >= 0.6 is 11.6 Å². The highest BCUT2D eigenvalue weighted by molar-refractivity contribution is 6.30. The van der Waals surface area contributed by atoms with Crippen LogP contribution in [-0.4, -0.2) is 32.6 Å². The van der Waals surface area contributed by atoms with Gasteiger partial charge in [0.1, 0.15) is 5.82 Å². The molecule has 1 aromatic carbocycles. The van der Waals surface area contributed by atoms with Crippen LogP contribution in [0, 0.1) is 5.82 Å². The first-order chi connectivity index (χ1) is 9.52. The van der Waals surface area contributed by atoms with Gasteiger partial charge in [-0.25, -0.2) is 13.9 Å². The van der Waals surface area contributed by atoms with E-state index in [4.69, 9.17) is 22.4 Å². The zero-order valence-electron chi connectivity index (χ0n) is 10.4. The third kappa shape index (κ3) is 2.94. The van der Waals surface area contributed by atoms with E-state index in [1.54, 1.807) is 6.07 Å². The number of halogens is 2. The fourth-order valence-electron chi connectivity index (χ4n) is 1.82. The average Bonchev–Trinajstić information content (AvgIpc) is 2.77. The number of carbonyl (C=O) groups is 1. The van der Waals surface area contributed by atoms with E-state index >= 15 is 0 Å². The van der Waals surface area contributed by atoms with Crippen LogP contribution in [0.4, 0.5) is 4.39 Å². The molecule has 0 atom stereocenters. The van der Waals surface area contributed by atoms with E-state index in [9.17, 15) is 9.18 Å². The normalized spacial score (nSPS) is 10.8. The second-order valence-corrected chi connectivity index (χ2v) is 4.56. The van der Waals surface area contributed by atoms with Crippen molar-refractivity contribution in [2.75, 3.05) is 6.54 Å². The summed E-state index contributed by atoms with van der Waals surface area (Å²) in [6.07, 6.45) is 0.295. The molecule has 0 aliphatic heterocycles. The van der Waals surface area contributed by atoms with E-state index in [0.717, 1.165) is 0 Å². The monoisotopic (exact) mass is 298 g/mol. The van der Waals surface area contributed by atoms with Crippen LogP contribution in [0.25, 0.3) is 0 Å². The number of hydrogen-bond donors (Lipinski definition) is 2. The summed E-state index contributed by atoms with van der Waals surface area (Å²) in [5.41, 5.74) is 6.00. The largest absolute Gasteiger partial charge is 0.476 e. The van der Waals surface area contributed by atoms with Crippen molar-refractivity contribution in [3.63, 3.8) is 0 Å². The lowest BCUT2D eigenvalue weighted by Crippen LogP contribution is -2.14. The van der Waals surface area contributed by atoms with Crippen molar-refractivity contribution in [1.29, 1.82) is 0 Å². The van der Waals surface area contributed by atoms with Crippen LogP contribution in [0.5, 0.6) is 0 Å². The zero-order valence-corrected chi connectivity index (χ0v) is 11.1. The standard InChI is InChI=1S/C12H12ClFN4O2/c13-8-2-1-7(9(14)5-8)6-18-10(3-4-15)11(12(19)20)16-17-18/h1-2,5H,3-4,6,15H2,(H,19,20). The second-order valence-electron chi connectivity index (χ2n) is 4.12. The van der Waals surface area contributed by atoms with E-state index in [-0.39, 0.29) is 18.8 Å². The third-order valence-corrected chi connectivity index (χ3v) is 2.99. The van der Waals surface area contributed by atoms with Gasteiger partial charge >= 0.3 is 5.97 Å². The molecule has 2 aromatic rings.